The maximum atomic E-state index is 12.4. The molecule has 0 aliphatic carbocycles. The second-order valence-electron chi connectivity index (χ2n) is 5.27. The summed E-state index contributed by atoms with van der Waals surface area (Å²) in [6, 6.07) is 7.37. The van der Waals surface area contributed by atoms with Crippen molar-refractivity contribution in [3.63, 3.8) is 0 Å². The molecule has 114 valence electrons. The Balaban J connectivity index is 2.77. The molecule has 4 heteroatoms. The predicted octanol–water partition coefficient (Wildman–Crippen LogP) is 4.30. The molecule has 4 nitrogen and oxygen atoms in total. The number of anilines is 1. The lowest BCUT2D eigenvalue weighted by Gasteiger charge is -2.23. The largest absolute Gasteiger partial charge is 0.325 e. The summed E-state index contributed by atoms with van der Waals surface area (Å²) in [4.78, 5) is 14.3. The standard InChI is InChI=1S/C17H25N3O/c1-4-6-10-20(11-7-5-2)17(21)19-16-12-15(13-18)9-8-14(16)3/h8-9,12H,4-7,10-11H2,1-3H3,(H,19,21). The van der Waals surface area contributed by atoms with E-state index in [1.807, 2.05) is 17.9 Å². The molecule has 1 N–H and O–H groups in total. The van der Waals surface area contributed by atoms with Gasteiger partial charge in [-0.2, -0.15) is 5.26 Å². The highest BCUT2D eigenvalue weighted by Crippen LogP contribution is 2.17. The molecule has 0 aromatic heterocycles. The van der Waals surface area contributed by atoms with E-state index >= 15 is 0 Å². The van der Waals surface area contributed by atoms with Crippen LogP contribution in [0.1, 0.15) is 50.7 Å². The minimum Gasteiger partial charge on any atom is -0.325 e. The highest BCUT2D eigenvalue weighted by Gasteiger charge is 2.13. The van der Waals surface area contributed by atoms with Crippen molar-refractivity contribution in [1.82, 2.24) is 4.90 Å². The number of nitrogens with one attached hydrogen (secondary N) is 1. The molecule has 1 aromatic rings. The van der Waals surface area contributed by atoms with Crippen LogP contribution in [0, 0.1) is 18.3 Å². The number of carbonyl (C=O) groups is 1. The molecule has 0 saturated carbocycles. The second kappa shape index (κ2) is 9.02. The number of hydrogen-bond donors (Lipinski definition) is 1. The molecule has 0 bridgehead atoms. The third-order valence-electron chi connectivity index (χ3n) is 3.46. The first-order valence-corrected chi connectivity index (χ1v) is 7.69. The van der Waals surface area contributed by atoms with Crippen LogP contribution >= 0.6 is 0 Å². The Morgan fingerprint density at radius 1 is 1.24 bits per heavy atom. The normalized spacial score (nSPS) is 10.0. The molecule has 0 aliphatic heterocycles. The Bertz CT molecular complexity index is 497. The zero-order chi connectivity index (χ0) is 15.7. The Morgan fingerprint density at radius 2 is 1.86 bits per heavy atom. The van der Waals surface area contributed by atoms with Gasteiger partial charge in [-0.3, -0.25) is 0 Å². The zero-order valence-corrected chi connectivity index (χ0v) is 13.3. The minimum atomic E-state index is -0.0740. The van der Waals surface area contributed by atoms with Gasteiger partial charge in [0.1, 0.15) is 0 Å². The zero-order valence-electron chi connectivity index (χ0n) is 13.3. The van der Waals surface area contributed by atoms with E-state index in [0.29, 0.717) is 5.56 Å². The van der Waals surface area contributed by atoms with Gasteiger partial charge in [0.25, 0.3) is 0 Å². The summed E-state index contributed by atoms with van der Waals surface area (Å²) in [5, 5.41) is 11.9. The van der Waals surface area contributed by atoms with Crippen LogP contribution < -0.4 is 5.32 Å². The van der Waals surface area contributed by atoms with Gasteiger partial charge < -0.3 is 10.2 Å². The van der Waals surface area contributed by atoms with E-state index in [-0.39, 0.29) is 6.03 Å². The number of nitrogens with zero attached hydrogens (tertiary/aromatic N) is 2. The maximum Gasteiger partial charge on any atom is 0.321 e. The first-order valence-electron chi connectivity index (χ1n) is 7.69. The fraction of sp³-hybridized carbons (Fsp3) is 0.529. The first-order chi connectivity index (χ1) is 10.1. The molecule has 2 amide bonds. The molecule has 0 radical (unpaired) electrons. The van der Waals surface area contributed by atoms with Gasteiger partial charge in [0.05, 0.1) is 11.6 Å². The predicted molar refractivity (Wildman–Crippen MR) is 86.3 cm³/mol. The number of urea groups is 1. The van der Waals surface area contributed by atoms with Crippen LogP contribution in [0.25, 0.3) is 0 Å². The summed E-state index contributed by atoms with van der Waals surface area (Å²) in [5.41, 5.74) is 2.25. The third kappa shape index (κ3) is 5.47. The maximum absolute atomic E-state index is 12.4. The van der Waals surface area contributed by atoms with Crippen LogP contribution in [-0.4, -0.2) is 24.0 Å². The van der Waals surface area contributed by atoms with Crippen molar-refractivity contribution < 1.29 is 4.79 Å². The van der Waals surface area contributed by atoms with Gasteiger partial charge in [-0.05, 0) is 37.5 Å². The topological polar surface area (TPSA) is 56.1 Å². The highest BCUT2D eigenvalue weighted by atomic mass is 16.2. The Kier molecular flexibility index (Phi) is 7.31. The van der Waals surface area contributed by atoms with Crippen LogP contribution in [0.15, 0.2) is 18.2 Å². The number of nitriles is 1. The molecule has 0 saturated heterocycles. The fourth-order valence-corrected chi connectivity index (χ4v) is 2.03. The van der Waals surface area contributed by atoms with Crippen molar-refractivity contribution >= 4 is 11.7 Å². The van der Waals surface area contributed by atoms with Gasteiger partial charge in [-0.15, -0.1) is 0 Å². The fourth-order valence-electron chi connectivity index (χ4n) is 2.03. The van der Waals surface area contributed by atoms with Crippen LogP contribution in [-0.2, 0) is 0 Å². The summed E-state index contributed by atoms with van der Waals surface area (Å²) < 4.78 is 0. The van der Waals surface area contributed by atoms with Gasteiger partial charge in [-0.1, -0.05) is 32.8 Å². The number of hydrogen-bond acceptors (Lipinski definition) is 2. The molecule has 21 heavy (non-hydrogen) atoms. The molecule has 1 aromatic carbocycles. The van der Waals surface area contributed by atoms with Crippen molar-refractivity contribution in [1.29, 1.82) is 5.26 Å². The van der Waals surface area contributed by atoms with E-state index in [1.165, 1.54) is 0 Å². The van der Waals surface area contributed by atoms with Crippen LogP contribution in [0.2, 0.25) is 0 Å². The Labute approximate surface area is 127 Å². The summed E-state index contributed by atoms with van der Waals surface area (Å²) in [6.45, 7) is 7.73. The number of aryl methyl sites for hydroxylation is 1. The second-order valence-corrected chi connectivity index (χ2v) is 5.27. The quantitative estimate of drug-likeness (QED) is 0.812. The number of amides is 2. The molecule has 0 heterocycles. The lowest BCUT2D eigenvalue weighted by Crippen LogP contribution is -2.36. The van der Waals surface area contributed by atoms with Crippen molar-refractivity contribution in [2.75, 3.05) is 18.4 Å². The molecular weight excluding hydrogens is 262 g/mol. The summed E-state index contributed by atoms with van der Waals surface area (Å²) in [5.74, 6) is 0. The van der Waals surface area contributed by atoms with Crippen molar-refractivity contribution in [3.05, 3.63) is 29.3 Å². The van der Waals surface area contributed by atoms with Gasteiger partial charge in [-0.25, -0.2) is 4.79 Å². The van der Waals surface area contributed by atoms with Crippen molar-refractivity contribution in [3.8, 4) is 6.07 Å². The molecule has 0 spiro atoms. The lowest BCUT2D eigenvalue weighted by atomic mass is 10.1. The van der Waals surface area contributed by atoms with Gasteiger partial charge in [0.15, 0.2) is 0 Å². The summed E-state index contributed by atoms with van der Waals surface area (Å²) in [6.07, 6.45) is 4.15. The average molecular weight is 287 g/mol. The molecule has 0 aliphatic rings. The number of benzene rings is 1. The van der Waals surface area contributed by atoms with E-state index in [0.717, 1.165) is 50.0 Å². The van der Waals surface area contributed by atoms with E-state index in [9.17, 15) is 4.79 Å². The molecule has 0 atom stereocenters. The summed E-state index contributed by atoms with van der Waals surface area (Å²) >= 11 is 0. The Hall–Kier alpha value is -2.02. The van der Waals surface area contributed by atoms with E-state index in [4.69, 9.17) is 5.26 Å². The molecule has 0 fully saturated rings. The number of carbonyl (C=O) groups excluding carboxylic acids is 1. The number of rotatable bonds is 7. The third-order valence-corrected chi connectivity index (χ3v) is 3.46. The SMILES string of the molecule is CCCCN(CCCC)C(=O)Nc1cc(C#N)ccc1C. The van der Waals surface area contributed by atoms with Crippen LogP contribution in [0.5, 0.6) is 0 Å². The van der Waals surface area contributed by atoms with Crippen molar-refractivity contribution in [2.45, 2.75) is 46.5 Å². The molecular formula is C17H25N3O. The van der Waals surface area contributed by atoms with Crippen molar-refractivity contribution in [2.24, 2.45) is 0 Å². The van der Waals surface area contributed by atoms with E-state index in [2.05, 4.69) is 25.2 Å². The monoisotopic (exact) mass is 287 g/mol. The highest BCUT2D eigenvalue weighted by molar-refractivity contribution is 5.90. The first kappa shape index (κ1) is 17.0. The minimum absolute atomic E-state index is 0.0740. The van der Waals surface area contributed by atoms with Gasteiger partial charge in [0.2, 0.25) is 0 Å². The molecule has 0 unspecified atom stereocenters. The number of unbranched alkanes of at least 4 members (excludes halogenated alkanes) is 2. The molecule has 1 rings (SSSR count). The van der Waals surface area contributed by atoms with Crippen LogP contribution in [0.4, 0.5) is 10.5 Å². The van der Waals surface area contributed by atoms with Gasteiger partial charge in [0, 0.05) is 18.8 Å². The van der Waals surface area contributed by atoms with E-state index in [1.54, 1.807) is 12.1 Å². The Morgan fingerprint density at radius 3 is 2.38 bits per heavy atom. The average Bonchev–Trinajstić information content (AvgIpc) is 2.49. The lowest BCUT2D eigenvalue weighted by molar-refractivity contribution is 0.210. The van der Waals surface area contributed by atoms with E-state index < -0.39 is 0 Å². The van der Waals surface area contributed by atoms with Crippen LogP contribution in [0.3, 0.4) is 0 Å². The summed E-state index contributed by atoms with van der Waals surface area (Å²) in [7, 11) is 0. The van der Waals surface area contributed by atoms with Gasteiger partial charge >= 0.3 is 6.03 Å². The smallest absolute Gasteiger partial charge is 0.321 e.